The van der Waals surface area contributed by atoms with Gasteiger partial charge in [-0.3, -0.25) is 0 Å². The second-order valence-electron chi connectivity index (χ2n) is 24.2. The van der Waals surface area contributed by atoms with Crippen molar-refractivity contribution >= 4 is 93.4 Å². The first-order valence-electron chi connectivity index (χ1n) is 26.7. The summed E-state index contributed by atoms with van der Waals surface area (Å²) in [5, 5.41) is 7.47. The fourth-order valence-electron chi connectivity index (χ4n) is 12.5. The van der Waals surface area contributed by atoms with Gasteiger partial charge in [0.05, 0.1) is 38.3 Å². The predicted octanol–water partition coefficient (Wildman–Crippen LogP) is 18.7. The van der Waals surface area contributed by atoms with E-state index in [1.54, 1.807) is 0 Å². The monoisotopic (exact) mass is 1000 g/mol. The van der Waals surface area contributed by atoms with E-state index in [4.69, 9.17) is 4.42 Å². The number of hydrogen-bond donors (Lipinski definition) is 0. The van der Waals surface area contributed by atoms with Crippen molar-refractivity contribution in [2.45, 2.75) is 77.8 Å². The summed E-state index contributed by atoms with van der Waals surface area (Å²) < 4.78 is 7.49. The van der Waals surface area contributed by atoms with Crippen LogP contribution in [0.4, 0.5) is 34.1 Å². The van der Waals surface area contributed by atoms with Gasteiger partial charge in [-0.2, -0.15) is 0 Å². The quantitative estimate of drug-likeness (QED) is 0.141. The van der Waals surface area contributed by atoms with E-state index in [1.165, 1.54) is 71.2 Å². The molecule has 1 aromatic heterocycles. The van der Waals surface area contributed by atoms with Crippen LogP contribution in [0.15, 0.2) is 211 Å². The number of benzene rings is 10. The van der Waals surface area contributed by atoms with Gasteiger partial charge in [-0.1, -0.05) is 216 Å². The summed E-state index contributed by atoms with van der Waals surface area (Å²) in [7, 11) is -3.20. The highest BCUT2D eigenvalue weighted by atomic mass is 28.3. The maximum absolute atomic E-state index is 7.49. The topological polar surface area (TPSA) is 19.6 Å². The number of furan rings is 1. The zero-order chi connectivity index (χ0) is 51.8. The SMILES string of the molecule is Cc1ccc(N(c2ccc([Si](C)(C)C)cc2)c2cc3c(c4oc5ccccc5c24)-c2c(cc(N(c4ccc(C(C)(C)C)cc4)c4ccc([Si](C)(C)C)cc4)c4ccccc24)C32c3ccccc3-c3ccccc32)cc1. The highest BCUT2D eigenvalue weighted by Crippen LogP contribution is 2.67. The normalized spacial score (nSPS) is 13.6. The van der Waals surface area contributed by atoms with E-state index in [1.807, 2.05) is 0 Å². The first kappa shape index (κ1) is 47.0. The molecular weight excluding hydrogens is 941 g/mol. The Morgan fingerprint density at radius 2 is 0.840 bits per heavy atom. The van der Waals surface area contributed by atoms with Gasteiger partial charge >= 0.3 is 0 Å². The molecule has 0 N–H and O–H groups in total. The van der Waals surface area contributed by atoms with Crippen LogP contribution in [-0.2, 0) is 10.8 Å². The third-order valence-electron chi connectivity index (χ3n) is 16.4. The second-order valence-corrected chi connectivity index (χ2v) is 34.4. The molecule has 10 aromatic carbocycles. The van der Waals surface area contributed by atoms with E-state index in [2.05, 4.69) is 283 Å². The molecule has 3 nitrogen and oxygen atoms in total. The van der Waals surface area contributed by atoms with Gasteiger partial charge in [0, 0.05) is 39.1 Å². The summed E-state index contributed by atoms with van der Waals surface area (Å²) in [4.78, 5) is 5.02. The van der Waals surface area contributed by atoms with Crippen molar-refractivity contribution in [1.29, 1.82) is 0 Å². The van der Waals surface area contributed by atoms with Gasteiger partial charge in [0.15, 0.2) is 0 Å². The Bertz CT molecular complexity index is 3950. The molecule has 0 saturated heterocycles. The van der Waals surface area contributed by atoms with Gasteiger partial charge in [0.25, 0.3) is 0 Å². The Labute approximate surface area is 444 Å². The maximum Gasteiger partial charge on any atom is 0.145 e. The number of rotatable bonds is 8. The van der Waals surface area contributed by atoms with Gasteiger partial charge in [-0.05, 0) is 129 Å². The molecule has 75 heavy (non-hydrogen) atoms. The number of para-hydroxylation sites is 1. The smallest absolute Gasteiger partial charge is 0.145 e. The van der Waals surface area contributed by atoms with Crippen molar-refractivity contribution in [1.82, 2.24) is 0 Å². The van der Waals surface area contributed by atoms with E-state index >= 15 is 0 Å². The van der Waals surface area contributed by atoms with E-state index in [-0.39, 0.29) is 5.41 Å². The molecule has 0 radical (unpaired) electrons. The zero-order valence-electron chi connectivity index (χ0n) is 44.9. The number of nitrogens with zero attached hydrogens (tertiary/aromatic N) is 2. The molecular formula is C70H64N2OSi2. The molecule has 1 heterocycles. The van der Waals surface area contributed by atoms with Crippen molar-refractivity contribution in [2.75, 3.05) is 9.80 Å². The summed E-state index contributed by atoms with van der Waals surface area (Å²) >= 11 is 0. The number of fused-ring (bicyclic) bond motifs is 16. The molecule has 0 saturated carbocycles. The average Bonchev–Trinajstić information content (AvgIpc) is 4.26. The van der Waals surface area contributed by atoms with Gasteiger partial charge in [-0.15, -0.1) is 0 Å². The van der Waals surface area contributed by atoms with Crippen LogP contribution in [-0.4, -0.2) is 16.1 Å². The van der Waals surface area contributed by atoms with Gasteiger partial charge in [-0.25, -0.2) is 0 Å². The van der Waals surface area contributed by atoms with Crippen LogP contribution in [0.5, 0.6) is 0 Å². The van der Waals surface area contributed by atoms with Crippen LogP contribution in [0.3, 0.4) is 0 Å². The third kappa shape index (κ3) is 7.26. The minimum atomic E-state index is -1.60. The Kier molecular flexibility index (Phi) is 10.6. The van der Waals surface area contributed by atoms with E-state index < -0.39 is 21.6 Å². The highest BCUT2D eigenvalue weighted by molar-refractivity contribution is 6.89. The molecule has 0 aliphatic heterocycles. The molecule has 1 spiro atoms. The molecule has 0 bridgehead atoms. The molecule has 11 aromatic rings. The Morgan fingerprint density at radius 3 is 1.37 bits per heavy atom. The highest BCUT2D eigenvalue weighted by Gasteiger charge is 2.54. The lowest BCUT2D eigenvalue weighted by molar-refractivity contribution is 0.590. The molecule has 368 valence electrons. The Morgan fingerprint density at radius 1 is 0.413 bits per heavy atom. The molecule has 2 aliphatic rings. The molecule has 5 heteroatoms. The minimum absolute atomic E-state index is 0.0112. The molecule has 2 aliphatic carbocycles. The van der Waals surface area contributed by atoms with Crippen LogP contribution < -0.4 is 20.2 Å². The van der Waals surface area contributed by atoms with Crippen LogP contribution in [0, 0.1) is 6.92 Å². The lowest BCUT2D eigenvalue weighted by Crippen LogP contribution is -2.37. The van der Waals surface area contributed by atoms with E-state index in [0.29, 0.717) is 0 Å². The molecule has 0 amide bonds. The Hall–Kier alpha value is -7.71. The standard InChI is InChI=1S/C70H64N2OSi2/c1-45-27-31-47(32-28-45)72(50-37-41-52(42-38-50)75(8,9)10)63-44-61-67(68-66(63)57-23-15-18-26-64(57)73-68)65-56-22-12-11-21-55(56)62(43-60(65)70(61)58-24-16-13-19-53(58)54-20-14-17-25-59(54)70)71(48-33-29-46(30-34-48)69(2,3)4)49-35-39-51(40-36-49)74(5,6)7/h11-44H,1-10H3. The van der Waals surface area contributed by atoms with Crippen molar-refractivity contribution < 1.29 is 4.42 Å². The summed E-state index contributed by atoms with van der Waals surface area (Å²) in [5.74, 6) is 0. The fourth-order valence-corrected chi connectivity index (χ4v) is 14.9. The van der Waals surface area contributed by atoms with E-state index in [0.717, 1.165) is 61.6 Å². The number of hydrogen-bond acceptors (Lipinski definition) is 3. The van der Waals surface area contributed by atoms with Crippen molar-refractivity contribution in [2.24, 2.45) is 0 Å². The van der Waals surface area contributed by atoms with Gasteiger partial charge < -0.3 is 14.2 Å². The van der Waals surface area contributed by atoms with Crippen molar-refractivity contribution in [3.05, 3.63) is 240 Å². The largest absolute Gasteiger partial charge is 0.455 e. The molecule has 13 rings (SSSR count). The lowest BCUT2D eigenvalue weighted by atomic mass is 9.70. The van der Waals surface area contributed by atoms with Gasteiger partial charge in [0.2, 0.25) is 0 Å². The lowest BCUT2D eigenvalue weighted by Gasteiger charge is -2.34. The Balaban J connectivity index is 1.19. The van der Waals surface area contributed by atoms with Crippen molar-refractivity contribution in [3.8, 4) is 22.3 Å². The maximum atomic E-state index is 7.49. The first-order chi connectivity index (χ1) is 36.0. The average molecular weight is 1010 g/mol. The zero-order valence-corrected chi connectivity index (χ0v) is 46.9. The summed E-state index contributed by atoms with van der Waals surface area (Å²) in [6, 6.07) is 78.6. The summed E-state index contributed by atoms with van der Waals surface area (Å²) in [6.07, 6.45) is 0. The number of anilines is 6. The third-order valence-corrected chi connectivity index (χ3v) is 20.5. The second kappa shape index (κ2) is 16.9. The van der Waals surface area contributed by atoms with Crippen LogP contribution in [0.1, 0.15) is 54.2 Å². The van der Waals surface area contributed by atoms with Crippen LogP contribution >= 0.6 is 0 Å². The molecule has 0 fully saturated rings. The fraction of sp³-hybridized carbons (Fsp3) is 0.171. The minimum Gasteiger partial charge on any atom is -0.455 e. The predicted molar refractivity (Wildman–Crippen MR) is 326 cm³/mol. The molecule has 0 unspecified atom stereocenters. The summed E-state index contributed by atoms with van der Waals surface area (Å²) in [5.41, 5.74) is 20.3. The van der Waals surface area contributed by atoms with Gasteiger partial charge in [0.1, 0.15) is 11.2 Å². The summed E-state index contributed by atoms with van der Waals surface area (Å²) in [6.45, 7) is 23.6. The van der Waals surface area contributed by atoms with E-state index in [9.17, 15) is 0 Å². The van der Waals surface area contributed by atoms with Crippen molar-refractivity contribution in [3.63, 3.8) is 0 Å². The van der Waals surface area contributed by atoms with Crippen LogP contribution in [0.25, 0.3) is 55.0 Å². The van der Waals surface area contributed by atoms with Crippen LogP contribution in [0.2, 0.25) is 39.3 Å². The molecule has 0 atom stereocenters. The first-order valence-corrected chi connectivity index (χ1v) is 33.7. The number of aryl methyl sites for hydroxylation is 1.